The van der Waals surface area contributed by atoms with Crippen molar-refractivity contribution in [1.82, 2.24) is 0 Å². The molecule has 0 saturated carbocycles. The molecule has 0 aliphatic carbocycles. The normalized spacial score (nSPS) is 11.8. The molecule has 0 saturated heterocycles. The van der Waals surface area contributed by atoms with Crippen LogP contribution in [0.25, 0.3) is 5.57 Å². The molecule has 1 nitrogen and oxygen atoms in total. The summed E-state index contributed by atoms with van der Waals surface area (Å²) in [5, 5.41) is 8.49. The van der Waals surface area contributed by atoms with Gasteiger partial charge < -0.3 is 0 Å². The van der Waals surface area contributed by atoms with Crippen molar-refractivity contribution in [2.45, 2.75) is 13.8 Å². The SMILES string of the molecule is CC(C)C(=CC#N)c1c(F)c(F)c(F)c(F)c1F. The van der Waals surface area contributed by atoms with E-state index in [1.54, 1.807) is 0 Å². The second-order valence-electron chi connectivity index (χ2n) is 3.83. The number of hydrogen-bond acceptors (Lipinski definition) is 1. The number of hydrogen-bond donors (Lipinski definition) is 0. The maximum absolute atomic E-state index is 13.5. The van der Waals surface area contributed by atoms with Crippen LogP contribution in [0, 0.1) is 46.3 Å². The summed E-state index contributed by atoms with van der Waals surface area (Å²) >= 11 is 0. The van der Waals surface area contributed by atoms with Gasteiger partial charge in [-0.05, 0) is 11.5 Å². The summed E-state index contributed by atoms with van der Waals surface area (Å²) in [7, 11) is 0. The molecule has 0 fully saturated rings. The molecule has 0 aliphatic rings. The number of nitrogens with zero attached hydrogens (tertiary/aromatic N) is 1. The van der Waals surface area contributed by atoms with E-state index in [2.05, 4.69) is 0 Å². The quantitative estimate of drug-likeness (QED) is 0.342. The van der Waals surface area contributed by atoms with Gasteiger partial charge in [0.1, 0.15) is 0 Å². The first kappa shape index (κ1) is 14.2. The Morgan fingerprint density at radius 2 is 1.33 bits per heavy atom. The Hall–Kier alpha value is -1.90. The zero-order valence-corrected chi connectivity index (χ0v) is 9.49. The fourth-order valence-electron chi connectivity index (χ4n) is 1.46. The monoisotopic (exact) mass is 261 g/mol. The number of rotatable bonds is 2. The van der Waals surface area contributed by atoms with Crippen LogP contribution in [-0.4, -0.2) is 0 Å². The number of allylic oxidation sites excluding steroid dienone is 2. The molecule has 0 heterocycles. The lowest BCUT2D eigenvalue weighted by molar-refractivity contribution is 0.375. The third-order valence-corrected chi connectivity index (χ3v) is 2.34. The van der Waals surface area contributed by atoms with Crippen molar-refractivity contribution >= 4 is 5.57 Å². The molecular weight excluding hydrogens is 253 g/mol. The fraction of sp³-hybridized carbons (Fsp3) is 0.250. The molecule has 6 heteroatoms. The van der Waals surface area contributed by atoms with Gasteiger partial charge in [-0.25, -0.2) is 22.0 Å². The van der Waals surface area contributed by atoms with Gasteiger partial charge in [-0.3, -0.25) is 0 Å². The molecule has 0 N–H and O–H groups in total. The first-order valence-corrected chi connectivity index (χ1v) is 4.94. The van der Waals surface area contributed by atoms with Crippen LogP contribution in [0.15, 0.2) is 6.08 Å². The molecule has 96 valence electrons. The van der Waals surface area contributed by atoms with Crippen LogP contribution >= 0.6 is 0 Å². The molecule has 0 atom stereocenters. The summed E-state index contributed by atoms with van der Waals surface area (Å²) in [6, 6.07) is 1.52. The highest BCUT2D eigenvalue weighted by Gasteiger charge is 2.28. The predicted octanol–water partition coefficient (Wildman–Crippen LogP) is 3.95. The van der Waals surface area contributed by atoms with Crippen LogP contribution in [0.3, 0.4) is 0 Å². The molecule has 0 bridgehead atoms. The zero-order chi connectivity index (χ0) is 14.0. The summed E-state index contributed by atoms with van der Waals surface area (Å²) in [5.74, 6) is -10.7. The van der Waals surface area contributed by atoms with Gasteiger partial charge in [0.05, 0.1) is 11.6 Å². The Morgan fingerprint density at radius 3 is 1.67 bits per heavy atom. The van der Waals surface area contributed by atoms with Gasteiger partial charge in [0.25, 0.3) is 0 Å². The molecule has 1 rings (SSSR count). The van der Waals surface area contributed by atoms with Crippen LogP contribution < -0.4 is 0 Å². The Bertz CT molecular complexity index is 526. The summed E-state index contributed by atoms with van der Waals surface area (Å²) < 4.78 is 65.8. The Labute approximate surface area is 100 Å². The predicted molar refractivity (Wildman–Crippen MR) is 54.7 cm³/mol. The van der Waals surface area contributed by atoms with Crippen molar-refractivity contribution < 1.29 is 22.0 Å². The Balaban J connectivity index is 3.71. The lowest BCUT2D eigenvalue weighted by Crippen LogP contribution is -2.09. The van der Waals surface area contributed by atoms with Crippen molar-refractivity contribution in [1.29, 1.82) is 5.26 Å². The molecule has 1 aromatic carbocycles. The van der Waals surface area contributed by atoms with Gasteiger partial charge in [-0.15, -0.1) is 0 Å². The van der Waals surface area contributed by atoms with Gasteiger partial charge in [-0.1, -0.05) is 13.8 Å². The largest absolute Gasteiger partial charge is 0.203 e. The molecule has 0 unspecified atom stereocenters. The topological polar surface area (TPSA) is 23.8 Å². The molecular formula is C12H8F5N. The van der Waals surface area contributed by atoms with Crippen LogP contribution in [-0.2, 0) is 0 Å². The van der Waals surface area contributed by atoms with Gasteiger partial charge in [0, 0.05) is 6.08 Å². The lowest BCUT2D eigenvalue weighted by atomic mass is 9.93. The zero-order valence-electron chi connectivity index (χ0n) is 9.49. The van der Waals surface area contributed by atoms with Crippen LogP contribution in [0.4, 0.5) is 22.0 Å². The number of nitriles is 1. The fourth-order valence-corrected chi connectivity index (χ4v) is 1.46. The maximum Gasteiger partial charge on any atom is 0.200 e. The highest BCUT2D eigenvalue weighted by molar-refractivity contribution is 5.70. The summed E-state index contributed by atoms with van der Waals surface area (Å²) in [6.45, 7) is 2.95. The van der Waals surface area contributed by atoms with Crippen LogP contribution in [0.1, 0.15) is 19.4 Å². The van der Waals surface area contributed by atoms with E-state index < -0.39 is 40.6 Å². The van der Waals surface area contributed by atoms with Crippen molar-refractivity contribution in [3.63, 3.8) is 0 Å². The average Bonchev–Trinajstić information content (AvgIpc) is 2.33. The summed E-state index contributed by atoms with van der Waals surface area (Å²) in [4.78, 5) is 0. The standard InChI is InChI=1S/C12H8F5N/c1-5(2)6(3-4-18)7-8(13)10(15)12(17)11(16)9(7)14/h3,5H,1-2H3. The molecule has 0 spiro atoms. The van der Waals surface area contributed by atoms with E-state index in [0.29, 0.717) is 0 Å². The number of benzene rings is 1. The molecule has 18 heavy (non-hydrogen) atoms. The molecule has 0 amide bonds. The van der Waals surface area contributed by atoms with E-state index in [9.17, 15) is 22.0 Å². The minimum absolute atomic E-state index is 0.245. The van der Waals surface area contributed by atoms with Crippen LogP contribution in [0.2, 0.25) is 0 Å². The van der Waals surface area contributed by atoms with Gasteiger partial charge in [0.15, 0.2) is 23.3 Å². The van der Waals surface area contributed by atoms with E-state index >= 15 is 0 Å². The first-order valence-electron chi connectivity index (χ1n) is 4.94. The van der Waals surface area contributed by atoms with Crippen molar-refractivity contribution in [3.8, 4) is 6.07 Å². The molecule has 0 aromatic heterocycles. The van der Waals surface area contributed by atoms with Crippen molar-refractivity contribution in [2.24, 2.45) is 5.92 Å². The van der Waals surface area contributed by atoms with Crippen LogP contribution in [0.5, 0.6) is 0 Å². The Morgan fingerprint density at radius 1 is 0.944 bits per heavy atom. The second kappa shape index (κ2) is 5.17. The van der Waals surface area contributed by atoms with Gasteiger partial charge in [-0.2, -0.15) is 5.26 Å². The van der Waals surface area contributed by atoms with E-state index in [1.165, 1.54) is 19.9 Å². The molecule has 0 aliphatic heterocycles. The molecule has 0 radical (unpaired) electrons. The van der Waals surface area contributed by atoms with E-state index in [0.717, 1.165) is 6.08 Å². The van der Waals surface area contributed by atoms with E-state index in [1.807, 2.05) is 0 Å². The first-order chi connectivity index (χ1) is 8.32. The van der Waals surface area contributed by atoms with Gasteiger partial charge >= 0.3 is 0 Å². The summed E-state index contributed by atoms with van der Waals surface area (Å²) in [5.41, 5.74) is -1.30. The third kappa shape index (κ3) is 2.21. The van der Waals surface area contributed by atoms with E-state index in [4.69, 9.17) is 5.26 Å². The minimum Gasteiger partial charge on any atom is -0.203 e. The minimum atomic E-state index is -2.21. The maximum atomic E-state index is 13.5. The third-order valence-electron chi connectivity index (χ3n) is 2.34. The second-order valence-corrected chi connectivity index (χ2v) is 3.83. The summed E-state index contributed by atoms with van der Waals surface area (Å²) in [6.07, 6.45) is 0.767. The smallest absolute Gasteiger partial charge is 0.200 e. The van der Waals surface area contributed by atoms with Gasteiger partial charge in [0.2, 0.25) is 5.82 Å². The van der Waals surface area contributed by atoms with E-state index in [-0.39, 0.29) is 5.57 Å². The highest BCUT2D eigenvalue weighted by Crippen LogP contribution is 2.32. The van der Waals surface area contributed by atoms with Crippen molar-refractivity contribution in [3.05, 3.63) is 40.7 Å². The highest BCUT2D eigenvalue weighted by atomic mass is 19.2. The number of halogens is 5. The van der Waals surface area contributed by atoms with Crippen molar-refractivity contribution in [2.75, 3.05) is 0 Å². The Kier molecular flexibility index (Phi) is 4.07. The average molecular weight is 261 g/mol. The molecule has 1 aromatic rings. The lowest BCUT2D eigenvalue weighted by Gasteiger charge is -2.13.